The van der Waals surface area contributed by atoms with Gasteiger partial charge in [0.2, 0.25) is 0 Å². The van der Waals surface area contributed by atoms with E-state index >= 15 is 0 Å². The molecule has 1 N–H and O–H groups in total. The van der Waals surface area contributed by atoms with Crippen LogP contribution in [-0.4, -0.2) is 17.7 Å². The van der Waals surface area contributed by atoms with E-state index in [1.54, 1.807) is 6.08 Å². The maximum absolute atomic E-state index is 10.5. The second kappa shape index (κ2) is 12.6. The van der Waals surface area contributed by atoms with Gasteiger partial charge in [0, 0.05) is 6.08 Å². The van der Waals surface area contributed by atoms with E-state index in [1.807, 2.05) is 24.3 Å². The number of benzene rings is 1. The van der Waals surface area contributed by atoms with Gasteiger partial charge in [-0.2, -0.15) is 0 Å². The number of carboxylic acid groups (broad SMARTS) is 1. The lowest BCUT2D eigenvalue weighted by molar-refractivity contribution is -0.131. The van der Waals surface area contributed by atoms with E-state index in [4.69, 9.17) is 9.84 Å². The van der Waals surface area contributed by atoms with E-state index in [9.17, 15) is 4.79 Å². The van der Waals surface area contributed by atoms with E-state index in [2.05, 4.69) is 6.92 Å². The maximum Gasteiger partial charge on any atom is 0.328 e. The lowest BCUT2D eigenvalue weighted by atomic mass is 9.80. The van der Waals surface area contributed by atoms with Crippen LogP contribution in [0.15, 0.2) is 30.3 Å². The van der Waals surface area contributed by atoms with Crippen LogP contribution in [0.2, 0.25) is 0 Å². The molecule has 0 atom stereocenters. The molecule has 1 aromatic rings. The molecular weight excluding hydrogens is 336 g/mol. The Kier molecular flexibility index (Phi) is 10.0. The molecule has 0 aliphatic heterocycles. The fourth-order valence-electron chi connectivity index (χ4n) is 3.96. The second-order valence-electron chi connectivity index (χ2n) is 7.99. The summed E-state index contributed by atoms with van der Waals surface area (Å²) < 4.78 is 5.96. The Balaban J connectivity index is 1.58. The Morgan fingerprint density at radius 3 is 2.30 bits per heavy atom. The van der Waals surface area contributed by atoms with Gasteiger partial charge in [-0.05, 0) is 48.4 Å². The third kappa shape index (κ3) is 9.12. The van der Waals surface area contributed by atoms with Crippen molar-refractivity contribution in [1.82, 2.24) is 0 Å². The van der Waals surface area contributed by atoms with Crippen LogP contribution in [0.4, 0.5) is 0 Å². The highest BCUT2D eigenvalue weighted by Gasteiger charge is 2.21. The number of carbonyl (C=O) groups is 1. The molecule has 1 saturated carbocycles. The molecule has 0 unspecified atom stereocenters. The number of rotatable bonds is 12. The van der Waals surface area contributed by atoms with Crippen LogP contribution in [0, 0.1) is 11.8 Å². The van der Waals surface area contributed by atoms with E-state index in [0.717, 1.165) is 29.9 Å². The highest BCUT2D eigenvalue weighted by molar-refractivity contribution is 5.85. The normalized spacial score (nSPS) is 20.0. The molecule has 150 valence electrons. The van der Waals surface area contributed by atoms with Crippen molar-refractivity contribution in [3.05, 3.63) is 35.9 Å². The minimum absolute atomic E-state index is 0.678. The third-order valence-electron chi connectivity index (χ3n) is 5.72. The van der Waals surface area contributed by atoms with Gasteiger partial charge in [-0.3, -0.25) is 0 Å². The van der Waals surface area contributed by atoms with E-state index in [0.29, 0.717) is 5.92 Å². The monoisotopic (exact) mass is 372 g/mol. The summed E-state index contributed by atoms with van der Waals surface area (Å²) in [5.74, 6) is 1.56. The number of hydrogen-bond donors (Lipinski definition) is 1. The molecule has 2 rings (SSSR count). The van der Waals surface area contributed by atoms with Crippen molar-refractivity contribution in [2.75, 3.05) is 6.61 Å². The first kappa shape index (κ1) is 21.5. The molecule has 1 fully saturated rings. The Bertz CT molecular complexity index is 553. The Labute approximate surface area is 164 Å². The van der Waals surface area contributed by atoms with Gasteiger partial charge in [-0.25, -0.2) is 4.79 Å². The summed E-state index contributed by atoms with van der Waals surface area (Å²) in [6.45, 7) is 3.07. The molecule has 0 saturated heterocycles. The molecule has 0 amide bonds. The third-order valence-corrected chi connectivity index (χ3v) is 5.72. The largest absolute Gasteiger partial charge is 0.493 e. The second-order valence-corrected chi connectivity index (χ2v) is 7.99. The molecule has 1 aromatic carbocycles. The summed E-state index contributed by atoms with van der Waals surface area (Å²) in [6, 6.07) is 7.63. The predicted molar refractivity (Wildman–Crippen MR) is 112 cm³/mol. The molecule has 0 heterocycles. The minimum atomic E-state index is -0.928. The topological polar surface area (TPSA) is 46.5 Å². The lowest BCUT2D eigenvalue weighted by Gasteiger charge is -2.28. The number of unbranched alkanes of at least 4 members (excludes halogenated alkanes) is 5. The van der Waals surface area contributed by atoms with Gasteiger partial charge in [0.15, 0.2) is 0 Å². The van der Waals surface area contributed by atoms with Crippen molar-refractivity contribution >= 4 is 12.0 Å². The molecule has 3 heteroatoms. The first-order valence-corrected chi connectivity index (χ1v) is 10.8. The summed E-state index contributed by atoms with van der Waals surface area (Å²) in [4.78, 5) is 10.5. The number of ether oxygens (including phenoxy) is 1. The highest BCUT2D eigenvalue weighted by Crippen LogP contribution is 2.32. The Morgan fingerprint density at radius 2 is 1.63 bits per heavy atom. The zero-order chi connectivity index (χ0) is 19.3. The molecule has 0 bridgehead atoms. The van der Waals surface area contributed by atoms with Crippen molar-refractivity contribution in [2.45, 2.75) is 77.6 Å². The molecule has 1 aliphatic carbocycles. The van der Waals surface area contributed by atoms with E-state index in [-0.39, 0.29) is 0 Å². The number of hydrogen-bond acceptors (Lipinski definition) is 2. The summed E-state index contributed by atoms with van der Waals surface area (Å²) >= 11 is 0. The maximum atomic E-state index is 10.5. The first-order chi connectivity index (χ1) is 13.2. The summed E-state index contributed by atoms with van der Waals surface area (Å²) in [5, 5.41) is 8.66. The smallest absolute Gasteiger partial charge is 0.328 e. The minimum Gasteiger partial charge on any atom is -0.493 e. The summed E-state index contributed by atoms with van der Waals surface area (Å²) in [7, 11) is 0. The number of aliphatic carboxylic acids is 1. The SMILES string of the molecule is CCCCCCCCC1CCC(COc2ccc(/C=C/C(=O)O)cc2)CC1. The quantitative estimate of drug-likeness (QED) is 0.327. The number of carboxylic acids is 1. The standard InChI is InChI=1S/C24H36O3/c1-2-3-4-5-6-7-8-20-9-11-22(12-10-20)19-27-23-16-13-21(14-17-23)15-18-24(25)26/h13-18,20,22H,2-12,19H2,1H3,(H,25,26)/b18-15+. The van der Waals surface area contributed by atoms with Crippen LogP contribution in [-0.2, 0) is 4.79 Å². The van der Waals surface area contributed by atoms with Crippen molar-refractivity contribution in [3.63, 3.8) is 0 Å². The van der Waals surface area contributed by atoms with Crippen LogP contribution in [0.3, 0.4) is 0 Å². The van der Waals surface area contributed by atoms with Gasteiger partial charge < -0.3 is 9.84 Å². The van der Waals surface area contributed by atoms with Gasteiger partial charge in [0.05, 0.1) is 6.61 Å². The molecule has 0 radical (unpaired) electrons. The molecule has 3 nitrogen and oxygen atoms in total. The van der Waals surface area contributed by atoms with Crippen molar-refractivity contribution in [3.8, 4) is 5.75 Å². The fraction of sp³-hybridized carbons (Fsp3) is 0.625. The van der Waals surface area contributed by atoms with Crippen LogP contribution in [0.5, 0.6) is 5.75 Å². The van der Waals surface area contributed by atoms with Gasteiger partial charge in [0.1, 0.15) is 5.75 Å². The molecule has 0 aromatic heterocycles. The highest BCUT2D eigenvalue weighted by atomic mass is 16.5. The van der Waals surface area contributed by atoms with E-state index < -0.39 is 5.97 Å². The first-order valence-electron chi connectivity index (χ1n) is 10.8. The van der Waals surface area contributed by atoms with Crippen LogP contribution in [0.25, 0.3) is 6.08 Å². The average molecular weight is 373 g/mol. The molecule has 0 spiro atoms. The zero-order valence-corrected chi connectivity index (χ0v) is 16.9. The van der Waals surface area contributed by atoms with Gasteiger partial charge in [0.25, 0.3) is 0 Å². The van der Waals surface area contributed by atoms with Crippen LogP contribution >= 0.6 is 0 Å². The summed E-state index contributed by atoms with van der Waals surface area (Å²) in [6.07, 6.45) is 17.9. The van der Waals surface area contributed by atoms with Crippen LogP contribution in [0.1, 0.15) is 83.1 Å². The zero-order valence-electron chi connectivity index (χ0n) is 16.9. The van der Waals surface area contributed by atoms with Gasteiger partial charge in [-0.1, -0.05) is 76.8 Å². The molecular formula is C24H36O3. The van der Waals surface area contributed by atoms with Crippen molar-refractivity contribution in [1.29, 1.82) is 0 Å². The van der Waals surface area contributed by atoms with Gasteiger partial charge >= 0.3 is 5.97 Å². The van der Waals surface area contributed by atoms with E-state index in [1.165, 1.54) is 70.6 Å². The van der Waals surface area contributed by atoms with Crippen molar-refractivity contribution < 1.29 is 14.6 Å². The summed E-state index contributed by atoms with van der Waals surface area (Å²) in [5.41, 5.74) is 0.875. The van der Waals surface area contributed by atoms with Gasteiger partial charge in [-0.15, -0.1) is 0 Å². The fourth-order valence-corrected chi connectivity index (χ4v) is 3.96. The Morgan fingerprint density at radius 1 is 1.00 bits per heavy atom. The van der Waals surface area contributed by atoms with Crippen molar-refractivity contribution in [2.24, 2.45) is 11.8 Å². The molecule has 1 aliphatic rings. The molecule has 27 heavy (non-hydrogen) atoms. The predicted octanol–water partition coefficient (Wildman–Crippen LogP) is 6.72. The lowest BCUT2D eigenvalue weighted by Crippen LogP contribution is -2.20. The Hall–Kier alpha value is -1.77. The van der Waals surface area contributed by atoms with Crippen LogP contribution < -0.4 is 4.74 Å². The average Bonchev–Trinajstić information content (AvgIpc) is 2.69.